The molecular formula is C15H23N. The van der Waals surface area contributed by atoms with Crippen molar-refractivity contribution in [2.24, 2.45) is 0 Å². The summed E-state index contributed by atoms with van der Waals surface area (Å²) in [5.41, 5.74) is 4.06. The maximum atomic E-state index is 3.45. The van der Waals surface area contributed by atoms with E-state index >= 15 is 0 Å². The highest BCUT2D eigenvalue weighted by Crippen LogP contribution is 2.14. The average Bonchev–Trinajstić information content (AvgIpc) is 2.28. The summed E-state index contributed by atoms with van der Waals surface area (Å²) in [5.74, 6) is 0. The van der Waals surface area contributed by atoms with E-state index < -0.39 is 0 Å². The van der Waals surface area contributed by atoms with E-state index in [2.05, 4.69) is 63.4 Å². The molecule has 1 aromatic rings. The van der Waals surface area contributed by atoms with E-state index in [-0.39, 0.29) is 0 Å². The van der Waals surface area contributed by atoms with Gasteiger partial charge in [0.1, 0.15) is 0 Å². The molecule has 1 atom stereocenters. The Labute approximate surface area is 99.6 Å². The SMILES string of the molecule is CCCNC(C)/C=C/c1cccc(C)c1C. The maximum Gasteiger partial charge on any atom is 0.0224 e. The summed E-state index contributed by atoms with van der Waals surface area (Å²) in [6, 6.07) is 6.89. The van der Waals surface area contributed by atoms with Crippen molar-refractivity contribution >= 4 is 6.08 Å². The number of rotatable bonds is 5. The lowest BCUT2D eigenvalue weighted by Gasteiger charge is -2.08. The molecule has 16 heavy (non-hydrogen) atoms. The molecule has 1 heteroatoms. The molecular weight excluding hydrogens is 194 g/mol. The Morgan fingerprint density at radius 1 is 1.31 bits per heavy atom. The summed E-state index contributed by atoms with van der Waals surface area (Å²) in [4.78, 5) is 0. The Morgan fingerprint density at radius 3 is 2.75 bits per heavy atom. The predicted molar refractivity (Wildman–Crippen MR) is 72.7 cm³/mol. The van der Waals surface area contributed by atoms with Crippen LogP contribution in [0.3, 0.4) is 0 Å². The van der Waals surface area contributed by atoms with Gasteiger partial charge >= 0.3 is 0 Å². The van der Waals surface area contributed by atoms with Crippen molar-refractivity contribution in [1.82, 2.24) is 5.32 Å². The molecule has 1 N–H and O–H groups in total. The molecule has 1 aromatic carbocycles. The summed E-state index contributed by atoms with van der Waals surface area (Å²) in [7, 11) is 0. The van der Waals surface area contributed by atoms with Crippen molar-refractivity contribution in [3.63, 3.8) is 0 Å². The normalized spacial score (nSPS) is 13.2. The number of nitrogens with one attached hydrogen (secondary N) is 1. The van der Waals surface area contributed by atoms with Crippen LogP contribution in [-0.2, 0) is 0 Å². The molecule has 1 nitrogen and oxygen atoms in total. The van der Waals surface area contributed by atoms with Gasteiger partial charge in [-0.05, 0) is 50.4 Å². The lowest BCUT2D eigenvalue weighted by molar-refractivity contribution is 0.625. The van der Waals surface area contributed by atoms with E-state index in [4.69, 9.17) is 0 Å². The second-order valence-corrected chi connectivity index (χ2v) is 4.39. The second-order valence-electron chi connectivity index (χ2n) is 4.39. The minimum Gasteiger partial charge on any atom is -0.311 e. The smallest absolute Gasteiger partial charge is 0.0224 e. The molecule has 1 rings (SSSR count). The molecule has 1 unspecified atom stereocenters. The molecule has 0 aromatic heterocycles. The van der Waals surface area contributed by atoms with Crippen LogP contribution in [0.15, 0.2) is 24.3 Å². The third-order valence-electron chi connectivity index (χ3n) is 2.93. The molecule has 0 heterocycles. The first-order valence-corrected chi connectivity index (χ1v) is 6.13. The fourth-order valence-electron chi connectivity index (χ4n) is 1.64. The Morgan fingerprint density at radius 2 is 2.06 bits per heavy atom. The van der Waals surface area contributed by atoms with Gasteiger partial charge in [0.25, 0.3) is 0 Å². The van der Waals surface area contributed by atoms with Crippen LogP contribution in [0, 0.1) is 13.8 Å². The standard InChI is InChI=1S/C15H23N/c1-5-11-16-13(3)9-10-15-8-6-7-12(2)14(15)4/h6-10,13,16H,5,11H2,1-4H3/b10-9+. The number of hydrogen-bond donors (Lipinski definition) is 1. The minimum absolute atomic E-state index is 0.444. The highest BCUT2D eigenvalue weighted by molar-refractivity contribution is 5.55. The van der Waals surface area contributed by atoms with Crippen LogP contribution in [0.25, 0.3) is 6.08 Å². The molecule has 0 saturated heterocycles. The molecule has 0 amide bonds. The van der Waals surface area contributed by atoms with Gasteiger partial charge in [-0.15, -0.1) is 0 Å². The third-order valence-corrected chi connectivity index (χ3v) is 2.93. The van der Waals surface area contributed by atoms with Gasteiger partial charge < -0.3 is 5.32 Å². The molecule has 0 radical (unpaired) electrons. The summed E-state index contributed by atoms with van der Waals surface area (Å²) < 4.78 is 0. The Kier molecular flexibility index (Phi) is 5.27. The predicted octanol–water partition coefficient (Wildman–Crippen LogP) is 3.70. The largest absolute Gasteiger partial charge is 0.311 e. The zero-order valence-corrected chi connectivity index (χ0v) is 10.9. The fraction of sp³-hybridized carbons (Fsp3) is 0.467. The quantitative estimate of drug-likeness (QED) is 0.793. The first kappa shape index (κ1) is 13.0. The van der Waals surface area contributed by atoms with Gasteiger partial charge in [0.2, 0.25) is 0 Å². The van der Waals surface area contributed by atoms with E-state index in [9.17, 15) is 0 Å². The van der Waals surface area contributed by atoms with Crippen LogP contribution >= 0.6 is 0 Å². The Balaban J connectivity index is 2.65. The van der Waals surface area contributed by atoms with Gasteiger partial charge in [0.15, 0.2) is 0 Å². The van der Waals surface area contributed by atoms with Crippen LogP contribution in [0.5, 0.6) is 0 Å². The van der Waals surface area contributed by atoms with Crippen LogP contribution in [0.1, 0.15) is 37.0 Å². The third kappa shape index (κ3) is 3.82. The Bertz CT molecular complexity index is 352. The van der Waals surface area contributed by atoms with E-state index in [1.807, 2.05) is 0 Å². The molecule has 0 aliphatic heterocycles. The first-order valence-electron chi connectivity index (χ1n) is 6.13. The van der Waals surface area contributed by atoms with E-state index in [1.54, 1.807) is 0 Å². The van der Waals surface area contributed by atoms with Gasteiger partial charge in [-0.2, -0.15) is 0 Å². The lowest BCUT2D eigenvalue weighted by Crippen LogP contribution is -2.24. The number of benzene rings is 1. The first-order chi connectivity index (χ1) is 7.65. The van der Waals surface area contributed by atoms with Crippen molar-refractivity contribution in [2.45, 2.75) is 40.2 Å². The molecule has 0 aliphatic rings. The van der Waals surface area contributed by atoms with E-state index in [0.717, 1.165) is 6.54 Å². The van der Waals surface area contributed by atoms with Crippen molar-refractivity contribution in [2.75, 3.05) is 6.54 Å². The molecule has 0 saturated carbocycles. The highest BCUT2D eigenvalue weighted by Gasteiger charge is 1.98. The number of hydrogen-bond acceptors (Lipinski definition) is 1. The maximum absolute atomic E-state index is 3.45. The highest BCUT2D eigenvalue weighted by atomic mass is 14.9. The molecule has 0 spiro atoms. The summed E-state index contributed by atoms with van der Waals surface area (Å²) in [5, 5.41) is 3.45. The summed E-state index contributed by atoms with van der Waals surface area (Å²) >= 11 is 0. The molecule has 0 fully saturated rings. The second kappa shape index (κ2) is 6.49. The zero-order chi connectivity index (χ0) is 12.0. The van der Waals surface area contributed by atoms with Gasteiger partial charge in [0, 0.05) is 6.04 Å². The average molecular weight is 217 g/mol. The van der Waals surface area contributed by atoms with Gasteiger partial charge in [0.05, 0.1) is 0 Å². The van der Waals surface area contributed by atoms with Crippen LogP contribution in [-0.4, -0.2) is 12.6 Å². The zero-order valence-electron chi connectivity index (χ0n) is 10.9. The van der Waals surface area contributed by atoms with Crippen molar-refractivity contribution in [3.05, 3.63) is 41.0 Å². The van der Waals surface area contributed by atoms with Crippen LogP contribution in [0.2, 0.25) is 0 Å². The monoisotopic (exact) mass is 217 g/mol. The van der Waals surface area contributed by atoms with Crippen LogP contribution < -0.4 is 5.32 Å². The van der Waals surface area contributed by atoms with E-state index in [0.29, 0.717) is 6.04 Å². The van der Waals surface area contributed by atoms with Crippen molar-refractivity contribution in [3.8, 4) is 0 Å². The van der Waals surface area contributed by atoms with Gasteiger partial charge in [-0.1, -0.05) is 37.3 Å². The van der Waals surface area contributed by atoms with E-state index in [1.165, 1.54) is 23.1 Å². The van der Waals surface area contributed by atoms with Gasteiger partial charge in [-0.25, -0.2) is 0 Å². The molecule has 0 aliphatic carbocycles. The van der Waals surface area contributed by atoms with Crippen molar-refractivity contribution in [1.29, 1.82) is 0 Å². The minimum atomic E-state index is 0.444. The summed E-state index contributed by atoms with van der Waals surface area (Å²) in [6.07, 6.45) is 5.63. The number of aryl methyl sites for hydroxylation is 1. The molecule has 88 valence electrons. The molecule has 0 bridgehead atoms. The topological polar surface area (TPSA) is 12.0 Å². The van der Waals surface area contributed by atoms with Gasteiger partial charge in [-0.3, -0.25) is 0 Å². The fourth-order valence-corrected chi connectivity index (χ4v) is 1.64. The lowest BCUT2D eigenvalue weighted by atomic mass is 10.0. The van der Waals surface area contributed by atoms with Crippen molar-refractivity contribution < 1.29 is 0 Å². The Hall–Kier alpha value is -1.08. The van der Waals surface area contributed by atoms with Crippen LogP contribution in [0.4, 0.5) is 0 Å². The summed E-state index contributed by atoms with van der Waals surface area (Å²) in [6.45, 7) is 9.80.